The van der Waals surface area contributed by atoms with E-state index in [1.807, 2.05) is 0 Å². The van der Waals surface area contributed by atoms with Crippen LogP contribution in [0.5, 0.6) is 0 Å². The van der Waals surface area contributed by atoms with Crippen molar-refractivity contribution in [1.82, 2.24) is 0 Å². The molecule has 7 heteroatoms. The standard InChI is InChI=1S/C8H10ClNO3S.Na/c1-6-7(9)3-2-4-8(6)10-5-14(11,12)13;/h2-4,10H,5H2,1H3,(H,11,12,13);/q;+1/p-1. The Hall–Kier alpha value is 0.220. The first kappa shape index (κ1) is 15.2. The average Bonchev–Trinajstić information content (AvgIpc) is 2.06. The number of hydrogen-bond donors (Lipinski definition) is 1. The van der Waals surface area contributed by atoms with Crippen molar-refractivity contribution in [3.8, 4) is 0 Å². The molecule has 0 amide bonds. The third kappa shape index (κ3) is 5.19. The maximum absolute atomic E-state index is 10.3. The van der Waals surface area contributed by atoms with Crippen molar-refractivity contribution in [1.29, 1.82) is 0 Å². The van der Waals surface area contributed by atoms with Crippen LogP contribution in [0.1, 0.15) is 5.56 Å². The van der Waals surface area contributed by atoms with Crippen molar-refractivity contribution >= 4 is 27.4 Å². The fraction of sp³-hybridized carbons (Fsp3) is 0.250. The van der Waals surface area contributed by atoms with Crippen molar-refractivity contribution in [2.75, 3.05) is 11.2 Å². The number of halogens is 1. The largest absolute Gasteiger partial charge is 1.00 e. The van der Waals surface area contributed by atoms with Crippen molar-refractivity contribution < 1.29 is 42.5 Å². The number of benzene rings is 1. The molecule has 0 aliphatic rings. The van der Waals surface area contributed by atoms with Crippen LogP contribution in [0, 0.1) is 6.92 Å². The molecule has 0 saturated carbocycles. The van der Waals surface area contributed by atoms with Gasteiger partial charge in [-0.15, -0.1) is 0 Å². The zero-order valence-corrected chi connectivity index (χ0v) is 12.0. The summed E-state index contributed by atoms with van der Waals surface area (Å²) in [5, 5.41) is 3.03. The summed E-state index contributed by atoms with van der Waals surface area (Å²) in [5.74, 6) is -0.631. The Kier molecular flexibility index (Phi) is 6.17. The van der Waals surface area contributed by atoms with E-state index in [9.17, 15) is 13.0 Å². The van der Waals surface area contributed by atoms with E-state index in [4.69, 9.17) is 11.6 Å². The first-order valence-corrected chi connectivity index (χ1v) is 5.78. The van der Waals surface area contributed by atoms with Gasteiger partial charge in [0, 0.05) is 10.7 Å². The van der Waals surface area contributed by atoms with Crippen LogP contribution in [0.2, 0.25) is 5.02 Å². The van der Waals surface area contributed by atoms with Crippen LogP contribution >= 0.6 is 11.6 Å². The maximum atomic E-state index is 10.3. The molecule has 0 aromatic heterocycles. The van der Waals surface area contributed by atoms with E-state index in [1.54, 1.807) is 25.1 Å². The molecule has 0 spiro atoms. The van der Waals surface area contributed by atoms with E-state index in [2.05, 4.69) is 5.32 Å². The third-order valence-corrected chi connectivity index (χ3v) is 2.61. The van der Waals surface area contributed by atoms with E-state index in [0.29, 0.717) is 10.7 Å². The van der Waals surface area contributed by atoms with Gasteiger partial charge in [-0.1, -0.05) is 17.7 Å². The smallest absolute Gasteiger partial charge is 0.747 e. The van der Waals surface area contributed by atoms with Gasteiger partial charge in [-0.2, -0.15) is 0 Å². The molecule has 0 fully saturated rings. The molecule has 0 radical (unpaired) electrons. The van der Waals surface area contributed by atoms with E-state index in [1.165, 1.54) is 0 Å². The van der Waals surface area contributed by atoms with E-state index >= 15 is 0 Å². The topological polar surface area (TPSA) is 69.2 Å². The Balaban J connectivity index is 0.00000196. The van der Waals surface area contributed by atoms with Crippen LogP contribution in [0.25, 0.3) is 0 Å². The van der Waals surface area contributed by atoms with Crippen LogP contribution < -0.4 is 34.9 Å². The summed E-state index contributed by atoms with van der Waals surface area (Å²) in [5.41, 5.74) is 1.27. The Morgan fingerprint density at radius 2 is 2.07 bits per heavy atom. The second-order valence-electron chi connectivity index (χ2n) is 2.79. The first-order chi connectivity index (χ1) is 6.40. The molecule has 1 aromatic rings. The van der Waals surface area contributed by atoms with Gasteiger partial charge in [0.05, 0.1) is 0 Å². The Bertz CT molecular complexity index is 436. The molecule has 0 unspecified atom stereocenters. The van der Waals surface area contributed by atoms with E-state index in [0.717, 1.165) is 5.56 Å². The van der Waals surface area contributed by atoms with Crippen LogP contribution in [0.3, 0.4) is 0 Å². The van der Waals surface area contributed by atoms with Gasteiger partial charge in [-0.25, -0.2) is 8.42 Å². The van der Waals surface area contributed by atoms with Crippen molar-refractivity contribution in [3.63, 3.8) is 0 Å². The SMILES string of the molecule is Cc1c(Cl)cccc1NCS(=O)(=O)[O-].[Na+]. The fourth-order valence-electron chi connectivity index (χ4n) is 0.965. The first-order valence-electron chi connectivity index (χ1n) is 3.83. The average molecular weight is 258 g/mol. The van der Waals surface area contributed by atoms with E-state index in [-0.39, 0.29) is 29.6 Å². The predicted octanol–water partition coefficient (Wildman–Crippen LogP) is -1.43. The molecule has 78 valence electrons. The molecule has 1 aromatic carbocycles. The van der Waals surface area contributed by atoms with Crippen molar-refractivity contribution in [2.24, 2.45) is 0 Å². The summed E-state index contributed by atoms with van der Waals surface area (Å²) < 4.78 is 31.0. The summed E-state index contributed by atoms with van der Waals surface area (Å²) >= 11 is 5.80. The predicted molar refractivity (Wildman–Crippen MR) is 54.4 cm³/mol. The van der Waals surface area contributed by atoms with Gasteiger partial charge in [-0.05, 0) is 24.6 Å². The summed E-state index contributed by atoms with van der Waals surface area (Å²) in [6.07, 6.45) is 0. The Morgan fingerprint density at radius 3 is 2.60 bits per heavy atom. The van der Waals surface area contributed by atoms with Crippen LogP contribution in [-0.4, -0.2) is 18.8 Å². The van der Waals surface area contributed by atoms with Gasteiger partial charge < -0.3 is 9.87 Å². The minimum atomic E-state index is -4.26. The summed E-state index contributed by atoms with van der Waals surface area (Å²) in [6.45, 7) is 1.74. The minimum absolute atomic E-state index is 0. The molecule has 0 saturated heterocycles. The summed E-state index contributed by atoms with van der Waals surface area (Å²) in [4.78, 5) is 0. The van der Waals surface area contributed by atoms with Gasteiger partial charge in [0.2, 0.25) is 0 Å². The number of nitrogens with one attached hydrogen (secondary N) is 1. The van der Waals surface area contributed by atoms with Crippen molar-refractivity contribution in [3.05, 3.63) is 28.8 Å². The van der Waals surface area contributed by atoms with Crippen LogP contribution in [0.15, 0.2) is 18.2 Å². The third-order valence-electron chi connectivity index (χ3n) is 1.71. The molecular formula is C8H9ClNNaO3S. The van der Waals surface area contributed by atoms with Crippen molar-refractivity contribution in [2.45, 2.75) is 6.92 Å². The number of anilines is 1. The molecule has 1 rings (SSSR count). The van der Waals surface area contributed by atoms with E-state index < -0.39 is 16.0 Å². The summed E-state index contributed by atoms with van der Waals surface area (Å²) in [6, 6.07) is 5.02. The minimum Gasteiger partial charge on any atom is -0.747 e. The molecule has 0 aliphatic heterocycles. The second-order valence-corrected chi connectivity index (χ2v) is 4.60. The molecule has 0 aliphatic carbocycles. The fourth-order valence-corrected chi connectivity index (χ4v) is 1.47. The zero-order chi connectivity index (χ0) is 10.8. The van der Waals surface area contributed by atoms with Gasteiger partial charge in [0.25, 0.3) is 0 Å². The van der Waals surface area contributed by atoms with Gasteiger partial charge in [0.15, 0.2) is 0 Å². The van der Waals surface area contributed by atoms with Gasteiger partial charge >= 0.3 is 29.6 Å². The number of rotatable bonds is 3. The van der Waals surface area contributed by atoms with Crippen LogP contribution in [0.4, 0.5) is 5.69 Å². The molecule has 0 heterocycles. The monoisotopic (exact) mass is 257 g/mol. The normalized spacial score (nSPS) is 10.6. The molecule has 1 N–H and O–H groups in total. The van der Waals surface area contributed by atoms with Gasteiger partial charge in [-0.3, -0.25) is 0 Å². The van der Waals surface area contributed by atoms with Crippen LogP contribution in [-0.2, 0) is 10.1 Å². The molecule has 0 bridgehead atoms. The maximum Gasteiger partial charge on any atom is 1.00 e. The molecule has 4 nitrogen and oxygen atoms in total. The van der Waals surface area contributed by atoms with Gasteiger partial charge in [0.1, 0.15) is 16.0 Å². The molecule has 0 atom stereocenters. The quantitative estimate of drug-likeness (QED) is 0.532. The number of hydrogen-bond acceptors (Lipinski definition) is 4. The Labute approximate surface area is 116 Å². The zero-order valence-electron chi connectivity index (χ0n) is 8.45. The summed E-state index contributed by atoms with van der Waals surface area (Å²) in [7, 11) is -4.26. The molecular weight excluding hydrogens is 249 g/mol. The molecule has 15 heavy (non-hydrogen) atoms. The Morgan fingerprint density at radius 1 is 1.47 bits per heavy atom. The second kappa shape index (κ2) is 6.08.